The second-order valence-electron chi connectivity index (χ2n) is 3.30. The van der Waals surface area contributed by atoms with Crippen LogP contribution in [0.25, 0.3) is 0 Å². The summed E-state index contributed by atoms with van der Waals surface area (Å²) in [6.07, 6.45) is -3.72. The van der Waals surface area contributed by atoms with Gasteiger partial charge in [0.1, 0.15) is 6.61 Å². The molecule has 0 fully saturated rings. The summed E-state index contributed by atoms with van der Waals surface area (Å²) in [4.78, 5) is 10.3. The minimum Gasteiger partial charge on any atom is -0.481 e. The highest BCUT2D eigenvalue weighted by Gasteiger charge is 2.27. The maximum atomic E-state index is 11.6. The molecule has 1 atom stereocenters. The van der Waals surface area contributed by atoms with E-state index in [9.17, 15) is 18.0 Å². The van der Waals surface area contributed by atoms with Crippen LogP contribution in [-0.2, 0) is 9.53 Å². The Morgan fingerprint density at radius 1 is 1.50 bits per heavy atom. The monoisotopic (exact) mass is 260 g/mol. The quantitative estimate of drug-likeness (QED) is 0.681. The summed E-state index contributed by atoms with van der Waals surface area (Å²) in [7, 11) is 0. The van der Waals surface area contributed by atoms with E-state index in [0.717, 1.165) is 0 Å². The van der Waals surface area contributed by atoms with Crippen molar-refractivity contribution in [3.63, 3.8) is 0 Å². The standard InChI is InChI=1S/C9H15F3O3S/c1-7(5-8(13)14)16-4-2-3-15-6-9(10,11)12/h7H,2-6H2,1H3,(H,13,14). The largest absolute Gasteiger partial charge is 0.481 e. The van der Waals surface area contributed by atoms with E-state index in [-0.39, 0.29) is 18.3 Å². The molecule has 0 saturated heterocycles. The van der Waals surface area contributed by atoms with E-state index in [1.807, 2.05) is 0 Å². The van der Waals surface area contributed by atoms with Crippen molar-refractivity contribution < 1.29 is 27.8 Å². The normalized spacial score (nSPS) is 13.8. The molecule has 0 aromatic rings. The SMILES string of the molecule is CC(CC(=O)O)SCCCOCC(F)(F)F. The molecule has 0 aromatic heterocycles. The lowest BCUT2D eigenvalue weighted by Gasteiger charge is -2.09. The van der Waals surface area contributed by atoms with E-state index >= 15 is 0 Å². The highest BCUT2D eigenvalue weighted by molar-refractivity contribution is 7.99. The molecule has 3 nitrogen and oxygen atoms in total. The van der Waals surface area contributed by atoms with Crippen LogP contribution in [0, 0.1) is 0 Å². The summed E-state index contributed by atoms with van der Waals surface area (Å²) >= 11 is 1.42. The van der Waals surface area contributed by atoms with Crippen LogP contribution < -0.4 is 0 Å². The predicted molar refractivity (Wildman–Crippen MR) is 55.7 cm³/mol. The zero-order valence-electron chi connectivity index (χ0n) is 8.92. The molecular formula is C9H15F3O3S. The Kier molecular flexibility index (Phi) is 7.57. The summed E-state index contributed by atoms with van der Waals surface area (Å²) in [6, 6.07) is 0. The van der Waals surface area contributed by atoms with Gasteiger partial charge < -0.3 is 9.84 Å². The van der Waals surface area contributed by atoms with Crippen molar-refractivity contribution >= 4 is 17.7 Å². The molecule has 0 amide bonds. The molecule has 0 aliphatic rings. The molecule has 0 aliphatic heterocycles. The first kappa shape index (κ1) is 15.6. The van der Waals surface area contributed by atoms with Crippen molar-refractivity contribution in [1.29, 1.82) is 0 Å². The molecule has 0 heterocycles. The number of ether oxygens (including phenoxy) is 1. The fourth-order valence-electron chi connectivity index (χ4n) is 0.938. The highest BCUT2D eigenvalue weighted by atomic mass is 32.2. The summed E-state index contributed by atoms with van der Waals surface area (Å²) < 4.78 is 39.3. The van der Waals surface area contributed by atoms with Crippen LogP contribution in [0.2, 0.25) is 0 Å². The molecule has 1 N–H and O–H groups in total. The fourth-order valence-corrected chi connectivity index (χ4v) is 1.89. The van der Waals surface area contributed by atoms with E-state index in [2.05, 4.69) is 4.74 Å². The Labute approximate surface area is 96.3 Å². The molecule has 96 valence electrons. The molecular weight excluding hydrogens is 245 g/mol. The van der Waals surface area contributed by atoms with Crippen molar-refractivity contribution in [1.82, 2.24) is 0 Å². The Bertz CT molecular complexity index is 209. The maximum Gasteiger partial charge on any atom is 0.411 e. The van der Waals surface area contributed by atoms with Gasteiger partial charge in [-0.2, -0.15) is 24.9 Å². The first-order chi connectivity index (χ1) is 7.31. The van der Waals surface area contributed by atoms with Gasteiger partial charge in [0.05, 0.1) is 6.42 Å². The maximum absolute atomic E-state index is 11.6. The average Bonchev–Trinajstić information content (AvgIpc) is 2.07. The fraction of sp³-hybridized carbons (Fsp3) is 0.889. The highest BCUT2D eigenvalue weighted by Crippen LogP contribution is 2.16. The lowest BCUT2D eigenvalue weighted by atomic mass is 10.3. The van der Waals surface area contributed by atoms with Gasteiger partial charge in [-0.15, -0.1) is 0 Å². The minimum atomic E-state index is -4.27. The van der Waals surface area contributed by atoms with Gasteiger partial charge >= 0.3 is 12.1 Å². The molecule has 7 heteroatoms. The Hall–Kier alpha value is -0.430. The molecule has 0 saturated carbocycles. The summed E-state index contributed by atoms with van der Waals surface area (Å²) in [5.74, 6) is -0.264. The van der Waals surface area contributed by atoms with Crippen LogP contribution in [0.5, 0.6) is 0 Å². The van der Waals surface area contributed by atoms with Gasteiger partial charge in [-0.3, -0.25) is 4.79 Å². The molecule has 0 bridgehead atoms. The molecule has 0 spiro atoms. The molecule has 0 aromatic carbocycles. The first-order valence-electron chi connectivity index (χ1n) is 4.79. The molecule has 0 rings (SSSR count). The zero-order chi connectivity index (χ0) is 12.6. The van der Waals surface area contributed by atoms with E-state index in [4.69, 9.17) is 5.11 Å². The second-order valence-corrected chi connectivity index (χ2v) is 4.85. The number of rotatable bonds is 8. The number of carboxylic acid groups (broad SMARTS) is 1. The molecule has 0 aliphatic carbocycles. The molecule has 1 unspecified atom stereocenters. The van der Waals surface area contributed by atoms with Crippen molar-refractivity contribution in [3.05, 3.63) is 0 Å². The number of hydrogen-bond donors (Lipinski definition) is 1. The number of thioether (sulfide) groups is 1. The van der Waals surface area contributed by atoms with Crippen molar-refractivity contribution in [3.8, 4) is 0 Å². The average molecular weight is 260 g/mol. The van der Waals surface area contributed by atoms with E-state index in [1.165, 1.54) is 11.8 Å². The van der Waals surface area contributed by atoms with E-state index < -0.39 is 18.8 Å². The smallest absolute Gasteiger partial charge is 0.411 e. The van der Waals surface area contributed by atoms with E-state index in [0.29, 0.717) is 12.2 Å². The van der Waals surface area contributed by atoms with Gasteiger partial charge in [0.15, 0.2) is 0 Å². The minimum absolute atomic E-state index is 0.0277. The van der Waals surface area contributed by atoms with Crippen LogP contribution in [0.15, 0.2) is 0 Å². The number of carboxylic acids is 1. The number of alkyl halides is 3. The van der Waals surface area contributed by atoms with Crippen molar-refractivity contribution in [2.24, 2.45) is 0 Å². The number of halogens is 3. The van der Waals surface area contributed by atoms with Crippen LogP contribution in [0.1, 0.15) is 19.8 Å². The molecule has 0 radical (unpaired) electrons. The third-order valence-corrected chi connectivity index (χ3v) is 2.82. The topological polar surface area (TPSA) is 46.5 Å². The van der Waals surface area contributed by atoms with E-state index in [1.54, 1.807) is 6.92 Å². The van der Waals surface area contributed by atoms with Crippen LogP contribution in [0.4, 0.5) is 13.2 Å². The third-order valence-electron chi connectivity index (χ3n) is 1.56. The first-order valence-corrected chi connectivity index (χ1v) is 5.84. The van der Waals surface area contributed by atoms with Gasteiger partial charge in [-0.25, -0.2) is 0 Å². The lowest BCUT2D eigenvalue weighted by Crippen LogP contribution is -2.17. The molecule has 16 heavy (non-hydrogen) atoms. The summed E-state index contributed by atoms with van der Waals surface area (Å²) in [5.41, 5.74) is 0. The van der Waals surface area contributed by atoms with Crippen molar-refractivity contribution in [2.75, 3.05) is 19.0 Å². The third kappa shape index (κ3) is 11.6. The number of aliphatic carboxylic acids is 1. The zero-order valence-corrected chi connectivity index (χ0v) is 9.74. The number of hydrogen-bond acceptors (Lipinski definition) is 3. The second kappa shape index (κ2) is 7.78. The Balaban J connectivity index is 3.30. The summed E-state index contributed by atoms with van der Waals surface area (Å²) in [6.45, 7) is 0.601. The van der Waals surface area contributed by atoms with Gasteiger partial charge in [0, 0.05) is 11.9 Å². The Morgan fingerprint density at radius 3 is 2.62 bits per heavy atom. The lowest BCUT2D eigenvalue weighted by molar-refractivity contribution is -0.173. The van der Waals surface area contributed by atoms with Gasteiger partial charge in [0.25, 0.3) is 0 Å². The van der Waals surface area contributed by atoms with Gasteiger partial charge in [-0.05, 0) is 12.2 Å². The van der Waals surface area contributed by atoms with Crippen LogP contribution >= 0.6 is 11.8 Å². The van der Waals surface area contributed by atoms with Crippen molar-refractivity contribution in [2.45, 2.75) is 31.2 Å². The van der Waals surface area contributed by atoms with Gasteiger partial charge in [-0.1, -0.05) is 6.92 Å². The van der Waals surface area contributed by atoms with Crippen LogP contribution in [-0.4, -0.2) is 41.5 Å². The Morgan fingerprint density at radius 2 is 2.12 bits per heavy atom. The van der Waals surface area contributed by atoms with Crippen LogP contribution in [0.3, 0.4) is 0 Å². The van der Waals surface area contributed by atoms with Gasteiger partial charge in [0.2, 0.25) is 0 Å². The summed E-state index contributed by atoms with van der Waals surface area (Å²) in [5, 5.41) is 8.42. The number of carbonyl (C=O) groups is 1. The predicted octanol–water partition coefficient (Wildman–Crippen LogP) is 2.55.